The molecule has 5 rings (SSSR count). The van der Waals surface area contributed by atoms with E-state index in [9.17, 15) is 4.79 Å². The number of methoxy groups -OCH3 is 1. The highest BCUT2D eigenvalue weighted by Gasteiger charge is 2.32. The number of likely N-dealkylation sites (tertiary alicyclic amines) is 1. The van der Waals surface area contributed by atoms with Gasteiger partial charge in [-0.25, -0.2) is 4.98 Å². The summed E-state index contributed by atoms with van der Waals surface area (Å²) in [5, 5.41) is 0. The highest BCUT2D eigenvalue weighted by atomic mass is 16.5. The van der Waals surface area contributed by atoms with Crippen LogP contribution in [0.1, 0.15) is 38.6 Å². The van der Waals surface area contributed by atoms with Crippen molar-refractivity contribution in [1.82, 2.24) is 19.4 Å². The van der Waals surface area contributed by atoms with Gasteiger partial charge in [0.15, 0.2) is 0 Å². The van der Waals surface area contributed by atoms with Crippen LogP contribution in [0.4, 0.5) is 5.69 Å². The fraction of sp³-hybridized carbons (Fsp3) is 0.500. The van der Waals surface area contributed by atoms with Crippen LogP contribution < -0.4 is 9.64 Å². The van der Waals surface area contributed by atoms with Gasteiger partial charge in [0.05, 0.1) is 36.3 Å². The molecule has 3 heterocycles. The molecule has 0 unspecified atom stereocenters. The molecule has 1 aromatic heterocycles. The monoisotopic (exact) mass is 475 g/mol. The zero-order valence-corrected chi connectivity index (χ0v) is 21.2. The summed E-state index contributed by atoms with van der Waals surface area (Å²) in [5.41, 5.74) is 3.35. The smallest absolute Gasteiger partial charge is 0.227 e. The number of benzene rings is 2. The molecule has 0 N–H and O–H groups in total. The van der Waals surface area contributed by atoms with Crippen molar-refractivity contribution in [3.05, 3.63) is 54.4 Å². The third-order valence-corrected chi connectivity index (χ3v) is 7.42. The first-order valence-corrected chi connectivity index (χ1v) is 12.9. The van der Waals surface area contributed by atoms with Crippen LogP contribution in [0.2, 0.25) is 0 Å². The Labute approximate surface area is 208 Å². The Morgan fingerprint density at radius 2 is 1.77 bits per heavy atom. The molecule has 2 aliphatic heterocycles. The van der Waals surface area contributed by atoms with Gasteiger partial charge in [0.25, 0.3) is 0 Å². The van der Waals surface area contributed by atoms with E-state index in [4.69, 9.17) is 9.72 Å². The summed E-state index contributed by atoms with van der Waals surface area (Å²) in [4.78, 5) is 25.2. The van der Waals surface area contributed by atoms with Gasteiger partial charge in [-0.15, -0.1) is 0 Å². The Hall–Kier alpha value is -3.06. The van der Waals surface area contributed by atoms with Crippen LogP contribution >= 0.6 is 0 Å². The molecule has 1 atom stereocenters. The maximum Gasteiger partial charge on any atom is 0.227 e. The van der Waals surface area contributed by atoms with Crippen LogP contribution in [0.15, 0.2) is 48.5 Å². The van der Waals surface area contributed by atoms with E-state index in [0.717, 1.165) is 81.4 Å². The number of aromatic nitrogens is 2. The SMILES string of the molecule is COc1ccccc1N1CCN(C(=O)[C@H]2CCCN(Cc3nc4ccccc4n3C(C)C)C2)CC1. The van der Waals surface area contributed by atoms with Crippen LogP contribution in [0.3, 0.4) is 0 Å². The minimum Gasteiger partial charge on any atom is -0.495 e. The number of hydrogen-bond acceptors (Lipinski definition) is 5. The zero-order valence-electron chi connectivity index (χ0n) is 21.2. The Morgan fingerprint density at radius 1 is 1.03 bits per heavy atom. The van der Waals surface area contributed by atoms with Gasteiger partial charge in [0.1, 0.15) is 11.6 Å². The van der Waals surface area contributed by atoms with E-state index in [1.807, 2.05) is 24.3 Å². The lowest BCUT2D eigenvalue weighted by Crippen LogP contribution is -2.52. The standard InChI is InChI=1S/C28H37N5O2/c1-21(2)33-24-11-5-4-10-23(24)29-27(33)20-30-14-8-9-22(19-30)28(34)32-17-15-31(16-18-32)25-12-6-7-13-26(25)35-3/h4-7,10-13,21-22H,8-9,14-20H2,1-3H3/t22-/m0/s1. The third-order valence-electron chi connectivity index (χ3n) is 7.42. The Bertz CT molecular complexity index is 1170. The minimum absolute atomic E-state index is 0.0680. The number of fused-ring (bicyclic) bond motifs is 1. The summed E-state index contributed by atoms with van der Waals surface area (Å²) in [7, 11) is 1.71. The number of anilines is 1. The molecule has 0 bridgehead atoms. The van der Waals surface area contributed by atoms with Crippen molar-refractivity contribution in [3.63, 3.8) is 0 Å². The van der Waals surface area contributed by atoms with Crippen molar-refractivity contribution in [3.8, 4) is 5.75 Å². The van der Waals surface area contributed by atoms with Gasteiger partial charge in [-0.2, -0.15) is 0 Å². The molecular formula is C28H37N5O2. The van der Waals surface area contributed by atoms with E-state index in [2.05, 4.69) is 57.4 Å². The number of piperazine rings is 1. The molecular weight excluding hydrogens is 438 g/mol. The second-order valence-corrected chi connectivity index (χ2v) is 10.0. The van der Waals surface area contributed by atoms with Gasteiger partial charge in [-0.1, -0.05) is 24.3 Å². The number of carbonyl (C=O) groups excluding carboxylic acids is 1. The molecule has 7 nitrogen and oxygen atoms in total. The predicted molar refractivity (Wildman–Crippen MR) is 140 cm³/mol. The van der Waals surface area contributed by atoms with Gasteiger partial charge in [-0.05, 0) is 57.5 Å². The first kappa shape index (κ1) is 23.7. The normalized spacial score (nSPS) is 19.5. The lowest BCUT2D eigenvalue weighted by atomic mass is 9.96. The topological polar surface area (TPSA) is 53.8 Å². The van der Waals surface area contributed by atoms with Crippen molar-refractivity contribution in [1.29, 1.82) is 0 Å². The fourth-order valence-electron chi connectivity index (χ4n) is 5.70. The number of carbonyl (C=O) groups is 1. The van der Waals surface area contributed by atoms with Crippen molar-refractivity contribution in [2.75, 3.05) is 51.3 Å². The molecule has 3 aromatic rings. The number of nitrogens with zero attached hydrogens (tertiary/aromatic N) is 5. The number of imidazole rings is 1. The van der Waals surface area contributed by atoms with Crippen molar-refractivity contribution in [2.45, 2.75) is 39.3 Å². The van der Waals surface area contributed by atoms with Gasteiger partial charge in [-0.3, -0.25) is 9.69 Å². The van der Waals surface area contributed by atoms with Crippen molar-refractivity contribution in [2.24, 2.45) is 5.92 Å². The van der Waals surface area contributed by atoms with E-state index in [-0.39, 0.29) is 5.92 Å². The molecule has 2 saturated heterocycles. The summed E-state index contributed by atoms with van der Waals surface area (Å²) in [6.07, 6.45) is 2.03. The Kier molecular flexibility index (Phi) is 6.95. The lowest BCUT2D eigenvalue weighted by Gasteiger charge is -2.40. The largest absolute Gasteiger partial charge is 0.495 e. The number of amides is 1. The molecule has 186 valence electrons. The Balaban J connectivity index is 1.22. The summed E-state index contributed by atoms with van der Waals surface area (Å²) < 4.78 is 7.88. The van der Waals surface area contributed by atoms with Crippen LogP contribution in [-0.2, 0) is 11.3 Å². The molecule has 0 spiro atoms. The first-order chi connectivity index (χ1) is 17.0. The highest BCUT2D eigenvalue weighted by Crippen LogP contribution is 2.29. The molecule has 0 aliphatic carbocycles. The molecule has 2 aromatic carbocycles. The average Bonchev–Trinajstić information content (AvgIpc) is 3.26. The van der Waals surface area contributed by atoms with E-state index in [0.29, 0.717) is 11.9 Å². The molecule has 35 heavy (non-hydrogen) atoms. The van der Waals surface area contributed by atoms with Gasteiger partial charge >= 0.3 is 0 Å². The minimum atomic E-state index is 0.0680. The van der Waals surface area contributed by atoms with Crippen LogP contribution in [0.5, 0.6) is 5.75 Å². The second-order valence-electron chi connectivity index (χ2n) is 10.0. The second kappa shape index (κ2) is 10.3. The van der Waals surface area contributed by atoms with E-state index >= 15 is 0 Å². The number of para-hydroxylation sites is 4. The first-order valence-electron chi connectivity index (χ1n) is 12.9. The van der Waals surface area contributed by atoms with E-state index in [1.165, 1.54) is 5.52 Å². The summed E-state index contributed by atoms with van der Waals surface area (Å²) in [6.45, 7) is 10.2. The van der Waals surface area contributed by atoms with Crippen molar-refractivity contribution >= 4 is 22.6 Å². The van der Waals surface area contributed by atoms with Crippen LogP contribution in [0.25, 0.3) is 11.0 Å². The van der Waals surface area contributed by atoms with Crippen molar-refractivity contribution < 1.29 is 9.53 Å². The fourth-order valence-corrected chi connectivity index (χ4v) is 5.70. The quantitative estimate of drug-likeness (QED) is 0.535. The number of rotatable bonds is 6. The maximum atomic E-state index is 13.5. The highest BCUT2D eigenvalue weighted by molar-refractivity contribution is 5.79. The van der Waals surface area contributed by atoms with Crippen LogP contribution in [-0.4, -0.2) is 71.6 Å². The number of hydrogen-bond donors (Lipinski definition) is 0. The van der Waals surface area contributed by atoms with Gasteiger partial charge in [0.2, 0.25) is 5.91 Å². The Morgan fingerprint density at radius 3 is 2.54 bits per heavy atom. The van der Waals surface area contributed by atoms with Gasteiger partial charge < -0.3 is 19.1 Å². The molecule has 0 radical (unpaired) electrons. The lowest BCUT2D eigenvalue weighted by molar-refractivity contribution is -0.137. The summed E-state index contributed by atoms with van der Waals surface area (Å²) in [6, 6.07) is 16.8. The third kappa shape index (κ3) is 4.87. The van der Waals surface area contributed by atoms with Gasteiger partial charge in [0, 0.05) is 38.8 Å². The average molecular weight is 476 g/mol. The summed E-state index contributed by atoms with van der Waals surface area (Å²) in [5.74, 6) is 2.37. The molecule has 2 aliphatic rings. The van der Waals surface area contributed by atoms with E-state index in [1.54, 1.807) is 7.11 Å². The van der Waals surface area contributed by atoms with E-state index < -0.39 is 0 Å². The number of piperidine rings is 1. The number of ether oxygens (including phenoxy) is 1. The summed E-state index contributed by atoms with van der Waals surface area (Å²) >= 11 is 0. The molecule has 1 amide bonds. The predicted octanol–water partition coefficient (Wildman–Crippen LogP) is 4.19. The molecule has 7 heteroatoms. The molecule has 2 fully saturated rings. The zero-order chi connectivity index (χ0) is 24.4. The maximum absolute atomic E-state index is 13.5. The van der Waals surface area contributed by atoms with Crippen LogP contribution in [0, 0.1) is 5.92 Å². The molecule has 0 saturated carbocycles.